The number of nitrogens with two attached hydrogens (primary N) is 1. The number of hydrazine groups is 1. The van der Waals surface area contributed by atoms with E-state index in [0.29, 0.717) is 6.04 Å². The van der Waals surface area contributed by atoms with Crippen molar-refractivity contribution in [3.63, 3.8) is 0 Å². The highest BCUT2D eigenvalue weighted by molar-refractivity contribution is 5.75. The number of imidazole rings is 1. The Hall–Kier alpha value is -1.39. The van der Waals surface area contributed by atoms with Crippen LogP contribution in [0.2, 0.25) is 0 Å². The van der Waals surface area contributed by atoms with E-state index in [1.54, 1.807) is 0 Å². The Bertz CT molecular complexity index is 635. The number of para-hydroxylation sites is 2. The van der Waals surface area contributed by atoms with Crippen LogP contribution in [0.25, 0.3) is 11.0 Å². The zero-order valence-corrected chi connectivity index (χ0v) is 12.6. The maximum absolute atomic E-state index is 5.87. The lowest BCUT2D eigenvalue weighted by molar-refractivity contribution is 0.426. The fourth-order valence-corrected chi connectivity index (χ4v) is 4.53. The molecule has 2 aromatic rings. The molecule has 1 aromatic carbocycles. The Morgan fingerprint density at radius 3 is 2.67 bits per heavy atom. The van der Waals surface area contributed by atoms with E-state index in [4.69, 9.17) is 10.8 Å². The Balaban J connectivity index is 1.57. The van der Waals surface area contributed by atoms with Crippen molar-refractivity contribution in [1.29, 1.82) is 0 Å². The lowest BCUT2D eigenvalue weighted by atomic mass is 10.0. The molecule has 0 radical (unpaired) electrons. The van der Waals surface area contributed by atoms with Gasteiger partial charge in [-0.2, -0.15) is 0 Å². The minimum Gasteiger partial charge on any atom is -0.331 e. The summed E-state index contributed by atoms with van der Waals surface area (Å²) >= 11 is 0. The summed E-state index contributed by atoms with van der Waals surface area (Å²) < 4.78 is 2.21. The van der Waals surface area contributed by atoms with Crippen molar-refractivity contribution in [2.24, 2.45) is 30.6 Å². The van der Waals surface area contributed by atoms with Gasteiger partial charge >= 0.3 is 0 Å². The maximum Gasteiger partial charge on any atom is 0.111 e. The minimum absolute atomic E-state index is 0.369. The first-order chi connectivity index (χ1) is 10.3. The van der Waals surface area contributed by atoms with Crippen LogP contribution in [-0.4, -0.2) is 15.6 Å². The molecule has 2 saturated carbocycles. The lowest BCUT2D eigenvalue weighted by Gasteiger charge is -2.16. The Morgan fingerprint density at radius 1 is 1.29 bits per heavy atom. The Morgan fingerprint density at radius 2 is 2.00 bits per heavy atom. The molecule has 4 rings (SSSR count). The van der Waals surface area contributed by atoms with Gasteiger partial charge in [-0.1, -0.05) is 25.0 Å². The van der Waals surface area contributed by atoms with Crippen LogP contribution in [0.1, 0.15) is 31.5 Å². The first-order valence-electron chi connectivity index (χ1n) is 8.16. The van der Waals surface area contributed by atoms with Crippen LogP contribution in [0, 0.1) is 17.8 Å². The molecule has 0 spiro atoms. The van der Waals surface area contributed by atoms with E-state index in [0.717, 1.165) is 35.5 Å². The standard InChI is InChI=1S/C17H24N4/c1-21-15-9-5-4-8-13(15)19-16(21)10-14(20-18)17-11-6-2-3-7-12(11)17/h4-5,8-9,11-12,14,17,20H,2-3,6-7,10,18H2,1H3. The molecule has 0 aliphatic heterocycles. The molecular formula is C17H24N4. The van der Waals surface area contributed by atoms with Gasteiger partial charge in [0.05, 0.1) is 11.0 Å². The van der Waals surface area contributed by atoms with Gasteiger partial charge in [0.1, 0.15) is 5.82 Å². The van der Waals surface area contributed by atoms with E-state index in [9.17, 15) is 0 Å². The molecule has 0 saturated heterocycles. The predicted molar refractivity (Wildman–Crippen MR) is 84.5 cm³/mol. The summed E-state index contributed by atoms with van der Waals surface area (Å²) in [4.78, 5) is 4.79. The number of nitrogens with one attached hydrogen (secondary N) is 1. The summed E-state index contributed by atoms with van der Waals surface area (Å²) in [5, 5.41) is 0. The largest absolute Gasteiger partial charge is 0.331 e. The molecule has 2 fully saturated rings. The number of fused-ring (bicyclic) bond motifs is 2. The summed E-state index contributed by atoms with van der Waals surface area (Å²) in [7, 11) is 2.11. The Labute approximate surface area is 125 Å². The van der Waals surface area contributed by atoms with Crippen LogP contribution in [0.4, 0.5) is 0 Å². The SMILES string of the molecule is Cn1c(CC(NN)C2C3CCCCC32)nc2ccccc21. The lowest BCUT2D eigenvalue weighted by Crippen LogP contribution is -2.40. The van der Waals surface area contributed by atoms with Crippen molar-refractivity contribution in [1.82, 2.24) is 15.0 Å². The number of aryl methyl sites for hydroxylation is 1. The number of benzene rings is 1. The predicted octanol–water partition coefficient (Wildman–Crippen LogP) is 2.38. The summed E-state index contributed by atoms with van der Waals surface area (Å²) in [5.74, 6) is 9.60. The molecule has 2 aliphatic carbocycles. The van der Waals surface area contributed by atoms with Crippen molar-refractivity contribution in [2.45, 2.75) is 38.1 Å². The molecule has 0 amide bonds. The number of hydrogen-bond acceptors (Lipinski definition) is 3. The van der Waals surface area contributed by atoms with Crippen LogP contribution in [-0.2, 0) is 13.5 Å². The summed E-state index contributed by atoms with van der Waals surface area (Å²) in [5.41, 5.74) is 5.37. The second kappa shape index (κ2) is 5.11. The summed E-state index contributed by atoms with van der Waals surface area (Å²) in [6.07, 6.45) is 6.54. The zero-order chi connectivity index (χ0) is 14.4. The number of aromatic nitrogens is 2. The van der Waals surface area contributed by atoms with Crippen molar-refractivity contribution in [3.05, 3.63) is 30.1 Å². The van der Waals surface area contributed by atoms with Crippen LogP contribution >= 0.6 is 0 Å². The Kier molecular flexibility index (Phi) is 3.23. The normalized spacial score (nSPS) is 29.3. The van der Waals surface area contributed by atoms with Crippen LogP contribution < -0.4 is 11.3 Å². The number of hydrogen-bond donors (Lipinski definition) is 2. The summed E-state index contributed by atoms with van der Waals surface area (Å²) in [6, 6.07) is 8.71. The highest BCUT2D eigenvalue weighted by Crippen LogP contribution is 2.57. The van der Waals surface area contributed by atoms with Gasteiger partial charge in [-0.3, -0.25) is 11.3 Å². The first-order valence-corrected chi connectivity index (χ1v) is 8.16. The van der Waals surface area contributed by atoms with Crippen LogP contribution in [0.3, 0.4) is 0 Å². The van der Waals surface area contributed by atoms with E-state index in [1.165, 1.54) is 31.2 Å². The molecule has 3 N–H and O–H groups in total. The third kappa shape index (κ3) is 2.17. The zero-order valence-electron chi connectivity index (χ0n) is 12.6. The van der Waals surface area contributed by atoms with Gasteiger partial charge in [-0.15, -0.1) is 0 Å². The van der Waals surface area contributed by atoms with Crippen molar-refractivity contribution < 1.29 is 0 Å². The van der Waals surface area contributed by atoms with E-state index in [2.05, 4.69) is 35.2 Å². The van der Waals surface area contributed by atoms with Crippen molar-refractivity contribution in [2.75, 3.05) is 0 Å². The van der Waals surface area contributed by atoms with E-state index < -0.39 is 0 Å². The molecule has 0 bridgehead atoms. The molecule has 1 heterocycles. The number of nitrogens with zero attached hydrogens (tertiary/aromatic N) is 2. The average molecular weight is 284 g/mol. The van der Waals surface area contributed by atoms with Gasteiger partial charge in [0.15, 0.2) is 0 Å². The van der Waals surface area contributed by atoms with Crippen molar-refractivity contribution in [3.8, 4) is 0 Å². The first kappa shape index (κ1) is 13.3. The molecule has 4 heteroatoms. The minimum atomic E-state index is 0.369. The van der Waals surface area contributed by atoms with Crippen molar-refractivity contribution >= 4 is 11.0 Å². The second-order valence-electron chi connectivity index (χ2n) is 6.74. The van der Waals surface area contributed by atoms with Gasteiger partial charge in [0, 0.05) is 19.5 Å². The van der Waals surface area contributed by atoms with Crippen LogP contribution in [0.15, 0.2) is 24.3 Å². The molecule has 112 valence electrons. The maximum atomic E-state index is 5.87. The molecule has 4 nitrogen and oxygen atoms in total. The van der Waals surface area contributed by atoms with Gasteiger partial charge in [0.25, 0.3) is 0 Å². The number of rotatable bonds is 4. The monoisotopic (exact) mass is 284 g/mol. The van der Waals surface area contributed by atoms with Gasteiger partial charge in [-0.25, -0.2) is 4.98 Å². The second-order valence-corrected chi connectivity index (χ2v) is 6.74. The quantitative estimate of drug-likeness (QED) is 0.669. The molecule has 3 atom stereocenters. The highest BCUT2D eigenvalue weighted by Gasteiger charge is 2.53. The average Bonchev–Trinajstić information content (AvgIpc) is 3.17. The fourth-order valence-electron chi connectivity index (χ4n) is 4.53. The van der Waals surface area contributed by atoms with E-state index >= 15 is 0 Å². The molecule has 2 aliphatic rings. The molecule has 3 unspecified atom stereocenters. The van der Waals surface area contributed by atoms with Gasteiger partial charge < -0.3 is 4.57 Å². The molecule has 21 heavy (non-hydrogen) atoms. The van der Waals surface area contributed by atoms with Crippen LogP contribution in [0.5, 0.6) is 0 Å². The highest BCUT2D eigenvalue weighted by atomic mass is 15.2. The van der Waals surface area contributed by atoms with Gasteiger partial charge in [-0.05, 0) is 42.7 Å². The fraction of sp³-hybridized carbons (Fsp3) is 0.588. The molecular weight excluding hydrogens is 260 g/mol. The smallest absolute Gasteiger partial charge is 0.111 e. The summed E-state index contributed by atoms with van der Waals surface area (Å²) in [6.45, 7) is 0. The third-order valence-corrected chi connectivity index (χ3v) is 5.68. The topological polar surface area (TPSA) is 55.9 Å². The molecule has 1 aromatic heterocycles. The van der Waals surface area contributed by atoms with E-state index in [-0.39, 0.29) is 0 Å². The van der Waals surface area contributed by atoms with E-state index in [1.807, 2.05) is 6.07 Å². The van der Waals surface area contributed by atoms with Gasteiger partial charge in [0.2, 0.25) is 0 Å². The third-order valence-electron chi connectivity index (χ3n) is 5.68.